The molecule has 3 heterocycles. The number of hydrogen-bond donors (Lipinski definition) is 0. The smallest absolute Gasteiger partial charge is 0.338 e. The normalized spacial score (nSPS) is 19.5. The predicted octanol–water partition coefficient (Wildman–Crippen LogP) is 3.65. The molecule has 0 aliphatic carbocycles. The summed E-state index contributed by atoms with van der Waals surface area (Å²) in [5.74, 6) is 0.0325. The summed E-state index contributed by atoms with van der Waals surface area (Å²) in [6.45, 7) is 3.81. The summed E-state index contributed by atoms with van der Waals surface area (Å²) in [7, 11) is 0. The summed E-state index contributed by atoms with van der Waals surface area (Å²) in [4.78, 5) is 29.6. The van der Waals surface area contributed by atoms with Gasteiger partial charge in [0.2, 0.25) is 0 Å². The highest BCUT2D eigenvalue weighted by Crippen LogP contribution is 2.34. The number of aryl methyl sites for hydroxylation is 2. The Kier molecular flexibility index (Phi) is 6.24. The van der Waals surface area contributed by atoms with Crippen molar-refractivity contribution in [2.75, 3.05) is 6.61 Å². The number of hydrogen-bond acceptors (Lipinski definition) is 8. The van der Waals surface area contributed by atoms with Gasteiger partial charge in [-0.2, -0.15) is 0 Å². The van der Waals surface area contributed by atoms with E-state index in [1.165, 1.54) is 0 Å². The molecule has 2 aromatic heterocycles. The maximum absolute atomic E-state index is 12.8. The second kappa shape index (κ2) is 9.63. The Labute approximate surface area is 201 Å². The first-order valence-electron chi connectivity index (χ1n) is 11.3. The van der Waals surface area contributed by atoms with E-state index in [-0.39, 0.29) is 6.61 Å². The monoisotopic (exact) mass is 472 g/mol. The van der Waals surface area contributed by atoms with Crippen molar-refractivity contribution in [3.63, 3.8) is 0 Å². The number of benzene rings is 2. The molecule has 9 nitrogen and oxygen atoms in total. The Morgan fingerprint density at radius 1 is 0.971 bits per heavy atom. The first kappa shape index (κ1) is 22.7. The van der Waals surface area contributed by atoms with Gasteiger partial charge in [-0.15, -0.1) is 10.2 Å². The Morgan fingerprint density at radius 3 is 2.31 bits per heavy atom. The first-order valence-corrected chi connectivity index (χ1v) is 11.3. The Morgan fingerprint density at radius 2 is 1.63 bits per heavy atom. The summed E-state index contributed by atoms with van der Waals surface area (Å²) in [6.07, 6.45) is 1.91. The minimum absolute atomic E-state index is 0.0793. The van der Waals surface area contributed by atoms with Crippen LogP contribution in [-0.4, -0.2) is 50.3 Å². The largest absolute Gasteiger partial charge is 0.459 e. The summed E-state index contributed by atoms with van der Waals surface area (Å²) in [5.41, 5.74) is 2.96. The highest BCUT2D eigenvalue weighted by Gasteiger charge is 2.41. The van der Waals surface area contributed by atoms with Crippen LogP contribution in [0.25, 0.3) is 5.78 Å². The van der Waals surface area contributed by atoms with Crippen LogP contribution in [0.3, 0.4) is 0 Å². The lowest BCUT2D eigenvalue weighted by molar-refractivity contribution is -0.0441. The van der Waals surface area contributed by atoms with Crippen LogP contribution in [0.2, 0.25) is 0 Å². The zero-order valence-corrected chi connectivity index (χ0v) is 19.3. The maximum atomic E-state index is 12.8. The van der Waals surface area contributed by atoms with Gasteiger partial charge in [-0.1, -0.05) is 35.4 Å². The van der Waals surface area contributed by atoms with E-state index in [4.69, 9.17) is 14.2 Å². The molecule has 0 N–H and O–H groups in total. The number of esters is 2. The third kappa shape index (κ3) is 4.90. The van der Waals surface area contributed by atoms with Gasteiger partial charge in [0, 0.05) is 18.8 Å². The number of carbonyl (C=O) groups excluding carboxylic acids is 2. The number of aromatic nitrogens is 4. The van der Waals surface area contributed by atoms with Crippen molar-refractivity contribution >= 4 is 17.7 Å². The number of ether oxygens (including phenoxy) is 3. The zero-order chi connectivity index (χ0) is 24.4. The Hall–Kier alpha value is -4.11. The van der Waals surface area contributed by atoms with Crippen LogP contribution in [0.5, 0.6) is 0 Å². The molecule has 0 amide bonds. The van der Waals surface area contributed by atoms with Crippen molar-refractivity contribution in [2.24, 2.45) is 0 Å². The van der Waals surface area contributed by atoms with Gasteiger partial charge >= 0.3 is 11.9 Å². The van der Waals surface area contributed by atoms with E-state index < -0.39 is 30.3 Å². The number of nitrogens with zero attached hydrogens (tertiary/aromatic N) is 4. The van der Waals surface area contributed by atoms with Crippen LogP contribution >= 0.6 is 0 Å². The van der Waals surface area contributed by atoms with Crippen molar-refractivity contribution in [3.8, 4) is 0 Å². The molecule has 4 aromatic rings. The van der Waals surface area contributed by atoms with E-state index in [0.29, 0.717) is 29.1 Å². The molecule has 1 fully saturated rings. The Bertz CT molecular complexity index is 1350. The predicted molar refractivity (Wildman–Crippen MR) is 125 cm³/mol. The highest BCUT2D eigenvalue weighted by molar-refractivity contribution is 5.90. The van der Waals surface area contributed by atoms with E-state index in [9.17, 15) is 9.59 Å². The molecule has 1 aliphatic rings. The van der Waals surface area contributed by atoms with Crippen molar-refractivity contribution in [2.45, 2.75) is 38.6 Å². The molecular weight excluding hydrogens is 448 g/mol. The zero-order valence-electron chi connectivity index (χ0n) is 19.3. The topological polar surface area (TPSA) is 105 Å². The summed E-state index contributed by atoms with van der Waals surface area (Å²) in [5, 5.41) is 8.30. The average Bonchev–Trinajstić information content (AvgIpc) is 3.47. The molecule has 178 valence electrons. The quantitative estimate of drug-likeness (QED) is 0.392. The summed E-state index contributed by atoms with van der Waals surface area (Å²) in [6, 6.07) is 16.0. The fourth-order valence-corrected chi connectivity index (χ4v) is 3.96. The molecule has 35 heavy (non-hydrogen) atoms. The van der Waals surface area contributed by atoms with Gasteiger partial charge in [0.1, 0.15) is 24.9 Å². The van der Waals surface area contributed by atoms with Gasteiger partial charge in [-0.25, -0.2) is 14.6 Å². The van der Waals surface area contributed by atoms with E-state index in [2.05, 4.69) is 15.2 Å². The molecule has 2 aromatic carbocycles. The second-order valence-corrected chi connectivity index (χ2v) is 8.52. The third-order valence-electron chi connectivity index (χ3n) is 5.92. The molecule has 1 aliphatic heterocycles. The van der Waals surface area contributed by atoms with Gasteiger partial charge in [-0.3, -0.25) is 4.40 Å². The van der Waals surface area contributed by atoms with Crippen molar-refractivity contribution in [1.82, 2.24) is 19.6 Å². The van der Waals surface area contributed by atoms with Gasteiger partial charge in [0.15, 0.2) is 5.82 Å². The van der Waals surface area contributed by atoms with Crippen molar-refractivity contribution in [1.29, 1.82) is 0 Å². The van der Waals surface area contributed by atoms with Gasteiger partial charge in [0.05, 0.1) is 11.1 Å². The van der Waals surface area contributed by atoms with Crippen LogP contribution in [0.4, 0.5) is 0 Å². The molecule has 0 bridgehead atoms. The van der Waals surface area contributed by atoms with Crippen molar-refractivity contribution in [3.05, 3.63) is 95.1 Å². The average molecular weight is 473 g/mol. The number of carbonyl (C=O) groups is 2. The third-order valence-corrected chi connectivity index (χ3v) is 5.92. The van der Waals surface area contributed by atoms with Crippen LogP contribution in [0.1, 0.15) is 50.2 Å². The molecule has 0 radical (unpaired) electrons. The highest BCUT2D eigenvalue weighted by atomic mass is 16.6. The standard InChI is InChI=1S/C26H24N4O5/c1-16-4-8-18(9-5-16)24(31)33-15-22-20(35-25(32)19-10-6-17(2)7-11-19)14-21(34-22)23-28-29-26-27-12-3-13-30(23)26/h3-13,20-22H,14-15H2,1-2H3. The van der Waals surface area contributed by atoms with E-state index in [1.54, 1.807) is 47.1 Å². The molecule has 0 spiro atoms. The van der Waals surface area contributed by atoms with Gasteiger partial charge in [-0.05, 0) is 44.2 Å². The van der Waals surface area contributed by atoms with Crippen LogP contribution in [0, 0.1) is 13.8 Å². The lowest BCUT2D eigenvalue weighted by Gasteiger charge is -2.19. The lowest BCUT2D eigenvalue weighted by atomic mass is 10.1. The minimum Gasteiger partial charge on any atom is -0.459 e. The Balaban J connectivity index is 1.34. The summed E-state index contributed by atoms with van der Waals surface area (Å²) < 4.78 is 19.3. The lowest BCUT2D eigenvalue weighted by Crippen LogP contribution is -2.32. The van der Waals surface area contributed by atoms with Crippen molar-refractivity contribution < 1.29 is 23.8 Å². The number of rotatable bonds is 6. The minimum atomic E-state index is -0.673. The summed E-state index contributed by atoms with van der Waals surface area (Å²) >= 11 is 0. The molecule has 3 atom stereocenters. The van der Waals surface area contributed by atoms with E-state index >= 15 is 0 Å². The van der Waals surface area contributed by atoms with Gasteiger partial charge < -0.3 is 14.2 Å². The fraction of sp³-hybridized carbons (Fsp3) is 0.269. The number of fused-ring (bicyclic) bond motifs is 1. The second-order valence-electron chi connectivity index (χ2n) is 8.52. The molecule has 3 unspecified atom stereocenters. The molecule has 9 heteroatoms. The molecule has 0 saturated carbocycles. The molecule has 1 saturated heterocycles. The molecular formula is C26H24N4O5. The first-order chi connectivity index (χ1) is 17.0. The maximum Gasteiger partial charge on any atom is 0.338 e. The SMILES string of the molecule is Cc1ccc(C(=O)OCC2OC(c3nnc4ncccn34)CC2OC(=O)c2ccc(C)cc2)cc1. The van der Waals surface area contributed by atoms with Crippen LogP contribution in [0.15, 0.2) is 67.0 Å². The fourth-order valence-electron chi connectivity index (χ4n) is 3.96. The van der Waals surface area contributed by atoms with E-state index in [1.807, 2.05) is 38.1 Å². The molecule has 5 rings (SSSR count). The van der Waals surface area contributed by atoms with E-state index in [0.717, 1.165) is 11.1 Å². The van der Waals surface area contributed by atoms with Gasteiger partial charge in [0.25, 0.3) is 5.78 Å². The van der Waals surface area contributed by atoms with Crippen LogP contribution < -0.4 is 0 Å². The van der Waals surface area contributed by atoms with Crippen LogP contribution in [-0.2, 0) is 14.2 Å².